The van der Waals surface area contributed by atoms with Crippen molar-refractivity contribution >= 4 is 35.8 Å². The van der Waals surface area contributed by atoms with Crippen LogP contribution in [0.2, 0.25) is 0 Å². The topological polar surface area (TPSA) is 130 Å². The molecule has 0 bridgehead atoms. The molecule has 3 atom stereocenters. The van der Waals surface area contributed by atoms with Crippen molar-refractivity contribution in [2.75, 3.05) is 0 Å². The fourth-order valence-corrected chi connectivity index (χ4v) is 1.76. The Morgan fingerprint density at radius 3 is 0.792 bits per heavy atom. The molecule has 3 saturated heterocycles. The molecule has 0 radical (unpaired) electrons. The van der Waals surface area contributed by atoms with Crippen LogP contribution in [0.4, 0.5) is 0 Å². The van der Waals surface area contributed by atoms with Crippen LogP contribution < -0.4 is 0 Å². The molecule has 3 aliphatic heterocycles. The number of carbonyl (C=O) groups excluding carboxylic acids is 6. The van der Waals surface area contributed by atoms with Crippen molar-refractivity contribution in [1.82, 2.24) is 0 Å². The molecule has 0 saturated carbocycles. The lowest BCUT2D eigenvalue weighted by molar-refractivity contribution is -0.154. The lowest BCUT2D eigenvalue weighted by Gasteiger charge is -1.86. The predicted molar refractivity (Wildman–Crippen MR) is 74.6 cm³/mol. The van der Waals surface area contributed by atoms with E-state index in [-0.39, 0.29) is 37.0 Å². The van der Waals surface area contributed by atoms with Crippen LogP contribution in [0, 0.1) is 17.8 Å². The molecule has 0 amide bonds. The molecule has 3 rings (SSSR count). The molecule has 3 fully saturated rings. The summed E-state index contributed by atoms with van der Waals surface area (Å²) in [7, 11) is 0. The van der Waals surface area contributed by atoms with Gasteiger partial charge in [-0.05, 0) is 0 Å². The van der Waals surface area contributed by atoms with Gasteiger partial charge in [-0.25, -0.2) is 0 Å². The van der Waals surface area contributed by atoms with Crippen molar-refractivity contribution in [2.24, 2.45) is 17.8 Å². The van der Waals surface area contributed by atoms with E-state index in [1.165, 1.54) is 0 Å². The number of rotatable bonds is 0. The highest BCUT2D eigenvalue weighted by atomic mass is 16.6. The van der Waals surface area contributed by atoms with Gasteiger partial charge in [0.25, 0.3) is 0 Å². The average Bonchev–Trinajstić information content (AvgIpc) is 3.01. The van der Waals surface area contributed by atoms with Gasteiger partial charge in [-0.3, -0.25) is 28.8 Å². The molecule has 24 heavy (non-hydrogen) atoms. The largest absolute Gasteiger partial charge is 0.393 e. The minimum absolute atomic E-state index is 0.220. The Kier molecular flexibility index (Phi) is 6.75. The molecule has 1 unspecified atom stereocenters. The number of cyclic esters (lactones) is 6. The summed E-state index contributed by atoms with van der Waals surface area (Å²) in [5, 5.41) is 0. The fourth-order valence-electron chi connectivity index (χ4n) is 1.76. The van der Waals surface area contributed by atoms with Crippen LogP contribution in [0.5, 0.6) is 0 Å². The molecule has 132 valence electrons. The summed E-state index contributed by atoms with van der Waals surface area (Å²) in [5.74, 6) is -3.04. The van der Waals surface area contributed by atoms with Crippen molar-refractivity contribution in [1.29, 1.82) is 0 Å². The first-order valence-electron chi connectivity index (χ1n) is 7.33. The van der Waals surface area contributed by atoms with E-state index >= 15 is 0 Å². The monoisotopic (exact) mass is 342 g/mol. The van der Waals surface area contributed by atoms with Crippen LogP contribution >= 0.6 is 0 Å². The Labute approximate surface area is 137 Å². The Balaban J connectivity index is 0.000000180. The van der Waals surface area contributed by atoms with Gasteiger partial charge in [-0.1, -0.05) is 20.8 Å². The van der Waals surface area contributed by atoms with E-state index in [1.54, 1.807) is 20.8 Å². The molecule has 0 aliphatic carbocycles. The van der Waals surface area contributed by atoms with Crippen LogP contribution in [0.1, 0.15) is 40.0 Å². The van der Waals surface area contributed by atoms with E-state index in [9.17, 15) is 28.8 Å². The minimum atomic E-state index is -0.400. The number of ether oxygens (including phenoxy) is 3. The fraction of sp³-hybridized carbons (Fsp3) is 0.600. The number of esters is 6. The smallest absolute Gasteiger partial charge is 0.316 e. The normalized spacial score (nSPS) is 28.4. The summed E-state index contributed by atoms with van der Waals surface area (Å²) in [4.78, 5) is 61.7. The first-order valence-corrected chi connectivity index (χ1v) is 7.33. The lowest BCUT2D eigenvalue weighted by atomic mass is 10.1. The Morgan fingerprint density at radius 1 is 0.542 bits per heavy atom. The van der Waals surface area contributed by atoms with E-state index in [4.69, 9.17) is 0 Å². The van der Waals surface area contributed by atoms with Gasteiger partial charge in [0, 0.05) is 0 Å². The minimum Gasteiger partial charge on any atom is -0.393 e. The van der Waals surface area contributed by atoms with Crippen LogP contribution in [0.3, 0.4) is 0 Å². The summed E-state index contributed by atoms with van der Waals surface area (Å²) in [6, 6.07) is 0. The standard InChI is InChI=1S/3C5H6O3/c3*1-3-2-4(6)8-5(3)7/h3*3H,2H2,1H3/t2*3-;/m10./s1. The number of carbonyl (C=O) groups is 6. The molecule has 0 aromatic heterocycles. The number of hydrogen-bond donors (Lipinski definition) is 0. The van der Waals surface area contributed by atoms with E-state index in [2.05, 4.69) is 14.2 Å². The predicted octanol–water partition coefficient (Wildman–Crippen LogP) is 0.288. The zero-order valence-corrected chi connectivity index (χ0v) is 13.5. The van der Waals surface area contributed by atoms with E-state index in [1.807, 2.05) is 0 Å². The van der Waals surface area contributed by atoms with Gasteiger partial charge in [0.1, 0.15) is 0 Å². The van der Waals surface area contributed by atoms with Gasteiger partial charge in [0.05, 0.1) is 37.0 Å². The Bertz CT molecular complexity index is 497. The third-order valence-corrected chi connectivity index (χ3v) is 3.27. The van der Waals surface area contributed by atoms with Crippen molar-refractivity contribution in [3.8, 4) is 0 Å². The molecule has 0 aromatic carbocycles. The molecular formula is C15H18O9. The van der Waals surface area contributed by atoms with Gasteiger partial charge >= 0.3 is 35.8 Å². The van der Waals surface area contributed by atoms with Crippen LogP contribution in [-0.2, 0) is 43.0 Å². The highest BCUT2D eigenvalue weighted by Gasteiger charge is 2.30. The van der Waals surface area contributed by atoms with Gasteiger partial charge < -0.3 is 14.2 Å². The first-order chi connectivity index (χ1) is 11.1. The second-order valence-electron chi connectivity index (χ2n) is 5.69. The van der Waals surface area contributed by atoms with Crippen molar-refractivity contribution in [3.63, 3.8) is 0 Å². The second kappa shape index (κ2) is 8.32. The van der Waals surface area contributed by atoms with Crippen LogP contribution in [0.25, 0.3) is 0 Å². The zero-order valence-electron chi connectivity index (χ0n) is 13.5. The SMILES string of the molecule is CC1CC(=O)OC1=O.C[C@@H]1CC(=O)OC1=O.C[C@H]1CC(=O)OC1=O. The lowest BCUT2D eigenvalue weighted by Crippen LogP contribution is -2.01. The maximum atomic E-state index is 10.3. The maximum Gasteiger partial charge on any atom is 0.316 e. The maximum absolute atomic E-state index is 10.3. The summed E-state index contributed by atoms with van der Waals surface area (Å²) >= 11 is 0. The zero-order chi connectivity index (χ0) is 18.4. The summed E-state index contributed by atoms with van der Waals surface area (Å²) in [6.45, 7) is 5.02. The van der Waals surface area contributed by atoms with Gasteiger partial charge in [0.2, 0.25) is 0 Å². The van der Waals surface area contributed by atoms with E-state index < -0.39 is 35.8 Å². The molecule has 9 nitrogen and oxygen atoms in total. The van der Waals surface area contributed by atoms with Gasteiger partial charge in [-0.15, -0.1) is 0 Å². The van der Waals surface area contributed by atoms with Crippen molar-refractivity contribution in [3.05, 3.63) is 0 Å². The van der Waals surface area contributed by atoms with Crippen LogP contribution in [0.15, 0.2) is 0 Å². The molecule has 3 heterocycles. The van der Waals surface area contributed by atoms with Crippen molar-refractivity contribution in [2.45, 2.75) is 40.0 Å². The van der Waals surface area contributed by atoms with E-state index in [0.717, 1.165) is 0 Å². The third kappa shape index (κ3) is 5.90. The quantitative estimate of drug-likeness (QED) is 0.346. The summed E-state index contributed by atoms with van der Waals surface area (Å²) in [5.41, 5.74) is 0. The second-order valence-corrected chi connectivity index (χ2v) is 5.69. The summed E-state index contributed by atoms with van der Waals surface area (Å²) < 4.78 is 12.6. The molecular weight excluding hydrogens is 324 g/mol. The third-order valence-electron chi connectivity index (χ3n) is 3.27. The molecule has 9 heteroatoms. The Morgan fingerprint density at radius 2 is 0.750 bits per heavy atom. The van der Waals surface area contributed by atoms with E-state index in [0.29, 0.717) is 0 Å². The van der Waals surface area contributed by atoms with Gasteiger partial charge in [0.15, 0.2) is 0 Å². The number of hydrogen-bond acceptors (Lipinski definition) is 9. The van der Waals surface area contributed by atoms with Crippen molar-refractivity contribution < 1.29 is 43.0 Å². The molecule has 0 aromatic rings. The highest BCUT2D eigenvalue weighted by molar-refractivity contribution is 5.95. The average molecular weight is 342 g/mol. The first kappa shape index (κ1) is 19.5. The Hall–Kier alpha value is -2.58. The molecule has 0 spiro atoms. The van der Waals surface area contributed by atoms with Gasteiger partial charge in [-0.2, -0.15) is 0 Å². The highest BCUT2D eigenvalue weighted by Crippen LogP contribution is 2.14. The molecule has 0 N–H and O–H groups in total. The summed E-state index contributed by atoms with van der Waals surface area (Å²) in [6.07, 6.45) is 0.747. The van der Waals surface area contributed by atoms with Crippen LogP contribution in [-0.4, -0.2) is 35.8 Å². The molecule has 3 aliphatic rings.